The second kappa shape index (κ2) is 19.6. The Labute approximate surface area is 311 Å². The molecule has 0 amide bonds. The fraction of sp³-hybridized carbons (Fsp3) is 0.467. The topological polar surface area (TPSA) is 75.8 Å². The van der Waals surface area contributed by atoms with E-state index < -0.39 is 0 Å². The Morgan fingerprint density at radius 3 is 2.27 bits per heavy atom. The van der Waals surface area contributed by atoms with Gasteiger partial charge in [-0.15, -0.1) is 0 Å². The SMILES string of the molecule is C=C(C)C(CCC(=O)CCC)C(C)C(C)C(=O)c1ccc(Cn2nc(C)c(=C(/C=C(\C)CCC)c3ccc(C#N)cc3Cl)/c2=C\CC)cc1CC. The summed E-state index contributed by atoms with van der Waals surface area (Å²) in [7, 11) is 0. The molecule has 3 atom stereocenters. The van der Waals surface area contributed by atoms with Crippen molar-refractivity contribution >= 4 is 34.8 Å². The lowest BCUT2D eigenvalue weighted by molar-refractivity contribution is -0.119. The van der Waals surface area contributed by atoms with Gasteiger partial charge in [0.15, 0.2) is 5.78 Å². The van der Waals surface area contributed by atoms with E-state index in [4.69, 9.17) is 16.7 Å². The van der Waals surface area contributed by atoms with Crippen LogP contribution >= 0.6 is 11.6 Å². The minimum absolute atomic E-state index is 0.0662. The summed E-state index contributed by atoms with van der Waals surface area (Å²) in [6.07, 6.45) is 10.7. The third kappa shape index (κ3) is 10.5. The van der Waals surface area contributed by atoms with Gasteiger partial charge in [0.25, 0.3) is 0 Å². The van der Waals surface area contributed by atoms with Crippen molar-refractivity contribution in [1.29, 1.82) is 5.26 Å². The summed E-state index contributed by atoms with van der Waals surface area (Å²) in [4.78, 5) is 26.4. The number of hydrogen-bond acceptors (Lipinski definition) is 4. The van der Waals surface area contributed by atoms with Crippen molar-refractivity contribution < 1.29 is 9.59 Å². The number of aromatic nitrogens is 2. The average Bonchev–Trinajstić information content (AvgIpc) is 3.39. The first kappa shape index (κ1) is 41.4. The molecule has 1 heterocycles. The number of Topliss-reactive ketones (excluding diaryl/α,β-unsaturated/α-hetero) is 2. The molecule has 0 saturated heterocycles. The first-order valence-corrected chi connectivity index (χ1v) is 19.2. The molecule has 0 bridgehead atoms. The van der Waals surface area contributed by atoms with E-state index in [0.29, 0.717) is 30.0 Å². The van der Waals surface area contributed by atoms with Crippen molar-refractivity contribution in [2.75, 3.05) is 0 Å². The van der Waals surface area contributed by atoms with Crippen LogP contribution < -0.4 is 10.6 Å². The van der Waals surface area contributed by atoms with E-state index in [-0.39, 0.29) is 29.3 Å². The average molecular weight is 708 g/mol. The number of rotatable bonds is 18. The summed E-state index contributed by atoms with van der Waals surface area (Å²) < 4.78 is 2.06. The molecule has 6 heteroatoms. The van der Waals surface area contributed by atoms with Gasteiger partial charge in [0.05, 0.1) is 29.2 Å². The lowest BCUT2D eigenvalue weighted by Gasteiger charge is -2.29. The minimum Gasteiger partial charge on any atom is -0.300 e. The summed E-state index contributed by atoms with van der Waals surface area (Å²) in [5.41, 5.74) is 8.46. The van der Waals surface area contributed by atoms with Crippen LogP contribution in [0.2, 0.25) is 5.02 Å². The molecule has 3 rings (SSSR count). The Bertz CT molecular complexity index is 1920. The molecule has 2 aromatic carbocycles. The molecule has 0 saturated carbocycles. The number of nitriles is 1. The third-order valence-corrected chi connectivity index (χ3v) is 10.5. The van der Waals surface area contributed by atoms with Gasteiger partial charge < -0.3 is 0 Å². The summed E-state index contributed by atoms with van der Waals surface area (Å²) in [6, 6.07) is 13.9. The first-order valence-electron chi connectivity index (χ1n) is 18.8. The van der Waals surface area contributed by atoms with Crippen LogP contribution in [0, 0.1) is 36.0 Å². The van der Waals surface area contributed by atoms with Gasteiger partial charge in [-0.25, -0.2) is 0 Å². The maximum atomic E-state index is 14.0. The minimum atomic E-state index is -0.210. The highest BCUT2D eigenvalue weighted by Crippen LogP contribution is 2.33. The molecular weight excluding hydrogens is 650 g/mol. The van der Waals surface area contributed by atoms with Gasteiger partial charge in [-0.2, -0.15) is 10.4 Å². The molecule has 3 unspecified atom stereocenters. The second-order valence-corrected chi connectivity index (χ2v) is 14.6. The highest BCUT2D eigenvalue weighted by Gasteiger charge is 2.30. The third-order valence-electron chi connectivity index (χ3n) is 10.1. The van der Waals surface area contributed by atoms with Crippen molar-refractivity contribution in [3.63, 3.8) is 0 Å². The Morgan fingerprint density at radius 1 is 1.00 bits per heavy atom. The molecule has 0 fully saturated rings. The van der Waals surface area contributed by atoms with Crippen LogP contribution in [0.15, 0.2) is 60.2 Å². The van der Waals surface area contributed by atoms with Crippen LogP contribution in [-0.2, 0) is 17.8 Å². The Kier molecular flexibility index (Phi) is 15.9. The maximum absolute atomic E-state index is 14.0. The standard InChI is InChI=1S/C45H58ClN3O2/c1-11-15-30(7)24-41(40-22-18-34(27-47)26-42(40)46)44-33(10)48-49(43(44)17-13-3)28-35-19-21-39(36(14-4)25-35)45(51)32(9)31(8)38(29(5)6)23-20-37(50)16-12-2/h17-19,21-22,24-26,31-32,38H,5,11-16,20,23,28H2,1-4,6-10H3/b30-24+,43-17+,44-41+. The van der Waals surface area contributed by atoms with Gasteiger partial charge in [-0.3, -0.25) is 14.3 Å². The molecule has 5 nitrogen and oxygen atoms in total. The van der Waals surface area contributed by atoms with Crippen molar-refractivity contribution in [2.45, 2.75) is 120 Å². The zero-order valence-corrected chi connectivity index (χ0v) is 33.2. The van der Waals surface area contributed by atoms with Crippen molar-refractivity contribution in [3.8, 4) is 6.07 Å². The molecule has 0 spiro atoms. The van der Waals surface area contributed by atoms with Crippen molar-refractivity contribution in [3.05, 3.63) is 109 Å². The van der Waals surface area contributed by atoms with Gasteiger partial charge >= 0.3 is 0 Å². The van der Waals surface area contributed by atoms with Gasteiger partial charge in [0, 0.05) is 40.1 Å². The number of carbonyl (C=O) groups is 2. The van der Waals surface area contributed by atoms with E-state index in [9.17, 15) is 14.9 Å². The summed E-state index contributed by atoms with van der Waals surface area (Å²) in [5, 5.41) is 17.1. The quantitative estimate of drug-likeness (QED) is 0.0974. The molecule has 51 heavy (non-hydrogen) atoms. The van der Waals surface area contributed by atoms with Crippen LogP contribution in [0.3, 0.4) is 0 Å². The zero-order valence-electron chi connectivity index (χ0n) is 32.5. The van der Waals surface area contributed by atoms with Gasteiger partial charge in [-0.1, -0.05) is 114 Å². The second-order valence-electron chi connectivity index (χ2n) is 14.2. The molecule has 0 radical (unpaired) electrons. The predicted molar refractivity (Wildman–Crippen MR) is 213 cm³/mol. The van der Waals surface area contributed by atoms with Crippen molar-refractivity contribution in [1.82, 2.24) is 9.78 Å². The highest BCUT2D eigenvalue weighted by atomic mass is 35.5. The van der Waals surface area contributed by atoms with E-state index in [1.54, 1.807) is 6.07 Å². The number of allylic oxidation sites excluding steroid dienone is 3. The molecule has 3 aromatic rings. The van der Waals surface area contributed by atoms with Crippen LogP contribution in [0.25, 0.3) is 11.6 Å². The highest BCUT2D eigenvalue weighted by molar-refractivity contribution is 6.32. The Morgan fingerprint density at radius 2 is 1.69 bits per heavy atom. The predicted octanol–water partition coefficient (Wildman–Crippen LogP) is 10.3. The zero-order chi connectivity index (χ0) is 37.8. The Hall–Kier alpha value is -4.01. The number of benzene rings is 2. The van der Waals surface area contributed by atoms with Crippen LogP contribution in [-0.4, -0.2) is 21.3 Å². The largest absolute Gasteiger partial charge is 0.300 e. The van der Waals surface area contributed by atoms with Crippen LogP contribution in [0.4, 0.5) is 0 Å². The van der Waals surface area contributed by atoms with Crippen molar-refractivity contribution in [2.24, 2.45) is 17.8 Å². The molecule has 0 N–H and O–H groups in total. The van der Waals surface area contributed by atoms with E-state index >= 15 is 0 Å². The van der Waals surface area contributed by atoms with E-state index in [0.717, 1.165) is 88.2 Å². The summed E-state index contributed by atoms with van der Waals surface area (Å²) >= 11 is 6.84. The van der Waals surface area contributed by atoms with E-state index in [1.165, 1.54) is 5.57 Å². The van der Waals surface area contributed by atoms with Gasteiger partial charge in [0.1, 0.15) is 5.78 Å². The number of halogens is 1. The normalized spacial score (nSPS) is 14.5. The molecule has 0 aliphatic carbocycles. The number of ketones is 2. The summed E-state index contributed by atoms with van der Waals surface area (Å²) in [6.45, 7) is 23.6. The fourth-order valence-corrected chi connectivity index (χ4v) is 7.50. The fourth-order valence-electron chi connectivity index (χ4n) is 7.22. The number of carbonyl (C=O) groups excluding carboxylic acids is 2. The number of hydrogen-bond donors (Lipinski definition) is 0. The first-order chi connectivity index (χ1) is 24.3. The lowest BCUT2D eigenvalue weighted by Crippen LogP contribution is -2.32. The molecular formula is C45H58ClN3O2. The summed E-state index contributed by atoms with van der Waals surface area (Å²) in [5.74, 6) is 0.395. The smallest absolute Gasteiger partial charge is 0.166 e. The lowest BCUT2D eigenvalue weighted by atomic mass is 9.74. The van der Waals surface area contributed by atoms with E-state index in [1.807, 2.05) is 45.9 Å². The van der Waals surface area contributed by atoms with E-state index in [2.05, 4.69) is 76.2 Å². The molecule has 0 aliphatic rings. The number of nitrogens with zero attached hydrogens (tertiary/aromatic N) is 3. The van der Waals surface area contributed by atoms with Gasteiger partial charge in [-0.05, 0) is 93.5 Å². The van der Waals surface area contributed by atoms with Crippen LogP contribution in [0.5, 0.6) is 0 Å². The number of aryl methyl sites for hydroxylation is 2. The van der Waals surface area contributed by atoms with Crippen LogP contribution in [0.1, 0.15) is 139 Å². The maximum Gasteiger partial charge on any atom is 0.166 e. The Balaban J connectivity index is 2.07. The molecule has 0 aliphatic heterocycles. The van der Waals surface area contributed by atoms with Gasteiger partial charge in [0.2, 0.25) is 0 Å². The molecule has 1 aromatic heterocycles. The molecule has 272 valence electrons. The monoisotopic (exact) mass is 707 g/mol.